The van der Waals surface area contributed by atoms with E-state index in [4.69, 9.17) is 10.00 Å². The molecule has 102 valence electrons. The molecule has 7 heteroatoms. The molecule has 0 saturated carbocycles. The van der Waals surface area contributed by atoms with E-state index in [-0.39, 0.29) is 23.7 Å². The molecule has 0 unspecified atom stereocenters. The molecule has 3 nitrogen and oxygen atoms in total. The van der Waals surface area contributed by atoms with Gasteiger partial charge in [-0.05, 0) is 50.1 Å². The monoisotopic (exact) mass is 417 g/mol. The summed E-state index contributed by atoms with van der Waals surface area (Å²) in [6.45, 7) is -0.264. The van der Waals surface area contributed by atoms with Crippen LogP contribution in [0.1, 0.15) is 15.9 Å². The largest absolute Gasteiger partial charge is 0.484 e. The summed E-state index contributed by atoms with van der Waals surface area (Å²) in [5.74, 6) is -0.866. The van der Waals surface area contributed by atoms with Crippen molar-refractivity contribution < 1.29 is 13.9 Å². The Morgan fingerprint density at radius 3 is 2.80 bits per heavy atom. The van der Waals surface area contributed by atoms with Crippen molar-refractivity contribution >= 4 is 49.0 Å². The summed E-state index contributed by atoms with van der Waals surface area (Å²) in [5, 5.41) is 8.86. The highest BCUT2D eigenvalue weighted by atomic mass is 79.9. The van der Waals surface area contributed by atoms with Crippen molar-refractivity contribution in [1.29, 1.82) is 5.26 Å². The lowest BCUT2D eigenvalue weighted by atomic mass is 10.2. The molecule has 0 amide bonds. The van der Waals surface area contributed by atoms with E-state index in [0.717, 1.165) is 3.79 Å². The van der Waals surface area contributed by atoms with Gasteiger partial charge in [0.05, 0.1) is 7.57 Å². The zero-order valence-electron chi connectivity index (χ0n) is 9.82. The normalized spacial score (nSPS) is 10.1. The molecule has 0 aliphatic carbocycles. The van der Waals surface area contributed by atoms with Crippen molar-refractivity contribution in [2.75, 3.05) is 6.61 Å². The first-order valence-corrected chi connectivity index (χ1v) is 7.72. The molecule has 0 spiro atoms. The van der Waals surface area contributed by atoms with E-state index in [1.165, 1.54) is 29.5 Å². The molecule has 0 radical (unpaired) electrons. The number of carbonyl (C=O) groups excluding carboxylic acids is 1. The Balaban J connectivity index is 2.14. The Kier molecular flexibility index (Phi) is 4.91. The van der Waals surface area contributed by atoms with Gasteiger partial charge in [0.2, 0.25) is 5.78 Å². The molecule has 0 fully saturated rings. The van der Waals surface area contributed by atoms with Gasteiger partial charge in [-0.2, -0.15) is 5.26 Å². The molecule has 0 aliphatic rings. The number of halogens is 3. The SMILES string of the molecule is N#Cc1c(F)cccc1OCC(=O)c1cc(Br)sc1Br. The van der Waals surface area contributed by atoms with Crippen LogP contribution in [-0.2, 0) is 0 Å². The first kappa shape index (κ1) is 15.2. The third-order valence-electron chi connectivity index (χ3n) is 2.40. The van der Waals surface area contributed by atoms with Gasteiger partial charge in [-0.25, -0.2) is 4.39 Å². The second-order valence-corrected chi connectivity index (χ2v) is 7.42. The second kappa shape index (κ2) is 6.48. The molecule has 0 saturated heterocycles. The van der Waals surface area contributed by atoms with Crippen molar-refractivity contribution in [2.24, 2.45) is 0 Å². The van der Waals surface area contributed by atoms with Crippen LogP contribution in [0.5, 0.6) is 5.75 Å². The number of hydrogen-bond donors (Lipinski definition) is 0. The molecular formula is C13H6Br2FNO2S. The number of carbonyl (C=O) groups is 1. The zero-order valence-corrected chi connectivity index (χ0v) is 13.8. The number of hydrogen-bond acceptors (Lipinski definition) is 4. The molecule has 1 aromatic heterocycles. The lowest BCUT2D eigenvalue weighted by molar-refractivity contribution is 0.0921. The predicted octanol–water partition coefficient (Wildman–Crippen LogP) is 4.55. The lowest BCUT2D eigenvalue weighted by Gasteiger charge is -2.07. The molecule has 0 N–H and O–H groups in total. The molecular weight excluding hydrogens is 413 g/mol. The molecule has 0 atom stereocenters. The maximum absolute atomic E-state index is 13.4. The Bertz CT molecular complexity index is 709. The summed E-state index contributed by atoms with van der Waals surface area (Å²) in [6.07, 6.45) is 0. The molecule has 0 aliphatic heterocycles. The molecule has 2 aromatic rings. The highest BCUT2D eigenvalue weighted by molar-refractivity contribution is 9.12. The standard InChI is InChI=1S/C13H6Br2FNO2S/c14-12-4-7(13(15)20-12)10(18)6-19-11-3-1-2-9(16)8(11)5-17/h1-4H,6H2. The molecule has 1 heterocycles. The summed E-state index contributed by atoms with van der Waals surface area (Å²) in [4.78, 5) is 12.0. The van der Waals surface area contributed by atoms with Gasteiger partial charge in [-0.15, -0.1) is 11.3 Å². The van der Waals surface area contributed by atoms with Gasteiger partial charge in [0.1, 0.15) is 23.2 Å². The average molecular weight is 419 g/mol. The van der Waals surface area contributed by atoms with Crippen molar-refractivity contribution in [3.63, 3.8) is 0 Å². The number of thiophene rings is 1. The summed E-state index contributed by atoms with van der Waals surface area (Å²) < 4.78 is 20.1. The number of benzene rings is 1. The summed E-state index contributed by atoms with van der Waals surface area (Å²) in [7, 11) is 0. The van der Waals surface area contributed by atoms with Crippen LogP contribution in [0.3, 0.4) is 0 Å². The predicted molar refractivity (Wildman–Crippen MR) is 80.7 cm³/mol. The van der Waals surface area contributed by atoms with Gasteiger partial charge in [0.15, 0.2) is 6.61 Å². The smallest absolute Gasteiger partial charge is 0.202 e. The van der Waals surface area contributed by atoms with Crippen molar-refractivity contribution in [3.05, 3.63) is 48.8 Å². The van der Waals surface area contributed by atoms with E-state index < -0.39 is 5.82 Å². The number of nitriles is 1. The van der Waals surface area contributed by atoms with E-state index >= 15 is 0 Å². The van der Waals surface area contributed by atoms with Gasteiger partial charge >= 0.3 is 0 Å². The van der Waals surface area contributed by atoms with E-state index in [9.17, 15) is 9.18 Å². The van der Waals surface area contributed by atoms with Crippen LogP contribution in [0, 0.1) is 17.1 Å². The van der Waals surface area contributed by atoms with E-state index in [1.807, 2.05) is 0 Å². The Labute approximate surface area is 135 Å². The third kappa shape index (κ3) is 3.26. The minimum atomic E-state index is -0.670. The first-order valence-electron chi connectivity index (χ1n) is 5.32. The fraction of sp³-hybridized carbons (Fsp3) is 0.0769. The second-order valence-electron chi connectivity index (χ2n) is 3.67. The molecule has 0 bridgehead atoms. The maximum atomic E-state index is 13.4. The molecule has 1 aromatic carbocycles. The van der Waals surface area contributed by atoms with Gasteiger partial charge in [0.25, 0.3) is 0 Å². The highest BCUT2D eigenvalue weighted by Gasteiger charge is 2.16. The van der Waals surface area contributed by atoms with Gasteiger partial charge in [-0.3, -0.25) is 4.79 Å². The van der Waals surface area contributed by atoms with Crippen LogP contribution in [0.25, 0.3) is 0 Å². The summed E-state index contributed by atoms with van der Waals surface area (Å²) in [6, 6.07) is 7.44. The van der Waals surface area contributed by atoms with E-state index in [2.05, 4.69) is 31.9 Å². The quantitative estimate of drug-likeness (QED) is 0.684. The van der Waals surface area contributed by atoms with E-state index in [0.29, 0.717) is 9.35 Å². The maximum Gasteiger partial charge on any atom is 0.202 e. The number of Topliss-reactive ketones (excluding diaryl/α,β-unsaturated/α-hetero) is 1. The average Bonchev–Trinajstić information content (AvgIpc) is 2.75. The van der Waals surface area contributed by atoms with Crippen LogP contribution in [0.2, 0.25) is 0 Å². The first-order chi connectivity index (χ1) is 9.52. The summed E-state index contributed by atoms with van der Waals surface area (Å²) >= 11 is 7.94. The Morgan fingerprint density at radius 1 is 1.45 bits per heavy atom. The topological polar surface area (TPSA) is 50.1 Å². The minimum Gasteiger partial charge on any atom is -0.484 e. The molecule has 20 heavy (non-hydrogen) atoms. The van der Waals surface area contributed by atoms with Gasteiger partial charge in [-0.1, -0.05) is 6.07 Å². The number of ketones is 1. The van der Waals surface area contributed by atoms with Crippen molar-refractivity contribution in [2.45, 2.75) is 0 Å². The van der Waals surface area contributed by atoms with Crippen LogP contribution in [0.4, 0.5) is 4.39 Å². The molecule has 2 rings (SSSR count). The van der Waals surface area contributed by atoms with Crippen LogP contribution in [-0.4, -0.2) is 12.4 Å². The number of nitrogens with zero attached hydrogens (tertiary/aromatic N) is 1. The van der Waals surface area contributed by atoms with E-state index in [1.54, 1.807) is 12.1 Å². The minimum absolute atomic E-state index is 0.0614. The lowest BCUT2D eigenvalue weighted by Crippen LogP contribution is -2.12. The van der Waals surface area contributed by atoms with Crippen molar-refractivity contribution in [3.8, 4) is 11.8 Å². The fourth-order valence-electron chi connectivity index (χ4n) is 1.48. The highest BCUT2D eigenvalue weighted by Crippen LogP contribution is 2.32. The van der Waals surface area contributed by atoms with Gasteiger partial charge in [0, 0.05) is 5.56 Å². The summed E-state index contributed by atoms with van der Waals surface area (Å²) in [5.41, 5.74) is 0.280. The Morgan fingerprint density at radius 2 is 2.20 bits per heavy atom. The Hall–Kier alpha value is -1.23. The van der Waals surface area contributed by atoms with Crippen LogP contribution in [0.15, 0.2) is 31.8 Å². The zero-order chi connectivity index (χ0) is 14.7. The van der Waals surface area contributed by atoms with Crippen molar-refractivity contribution in [1.82, 2.24) is 0 Å². The van der Waals surface area contributed by atoms with Crippen LogP contribution >= 0.6 is 43.2 Å². The number of rotatable bonds is 4. The van der Waals surface area contributed by atoms with Crippen LogP contribution < -0.4 is 4.74 Å². The number of ether oxygens (including phenoxy) is 1. The fourth-order valence-corrected chi connectivity index (χ4v) is 4.34. The van der Waals surface area contributed by atoms with Gasteiger partial charge < -0.3 is 4.74 Å². The third-order valence-corrected chi connectivity index (χ3v) is 4.74.